The van der Waals surface area contributed by atoms with Gasteiger partial charge in [0.15, 0.2) is 24.7 Å². The van der Waals surface area contributed by atoms with E-state index < -0.39 is 5.97 Å². The molecule has 1 aromatic carbocycles. The molecule has 1 amide bonds. The summed E-state index contributed by atoms with van der Waals surface area (Å²) in [4.78, 5) is 23.9. The first-order valence-electron chi connectivity index (χ1n) is 9.30. The summed E-state index contributed by atoms with van der Waals surface area (Å²) in [6.07, 6.45) is 3.29. The van der Waals surface area contributed by atoms with E-state index >= 15 is 0 Å². The highest BCUT2D eigenvalue weighted by Crippen LogP contribution is 2.29. The third-order valence-electron chi connectivity index (χ3n) is 4.91. The Labute approximate surface area is 155 Å². The van der Waals surface area contributed by atoms with Crippen molar-refractivity contribution in [3.63, 3.8) is 0 Å². The van der Waals surface area contributed by atoms with Crippen LogP contribution in [0.4, 0.5) is 0 Å². The Kier molecular flexibility index (Phi) is 7.75. The first-order chi connectivity index (χ1) is 12.5. The van der Waals surface area contributed by atoms with Crippen molar-refractivity contribution >= 4 is 11.9 Å². The summed E-state index contributed by atoms with van der Waals surface area (Å²) in [6, 6.07) is 7.26. The van der Waals surface area contributed by atoms with Crippen LogP contribution in [-0.4, -0.2) is 37.7 Å². The maximum absolute atomic E-state index is 12.0. The fraction of sp³-hybridized carbons (Fsp3) is 0.600. The molecule has 0 aliphatic heterocycles. The van der Waals surface area contributed by atoms with Crippen molar-refractivity contribution in [2.24, 2.45) is 11.8 Å². The zero-order valence-corrected chi connectivity index (χ0v) is 15.8. The van der Waals surface area contributed by atoms with Crippen molar-refractivity contribution in [2.45, 2.75) is 46.1 Å². The smallest absolute Gasteiger partial charge is 0.344 e. The molecule has 6 heteroatoms. The van der Waals surface area contributed by atoms with E-state index in [1.807, 2.05) is 13.0 Å². The second-order valence-corrected chi connectivity index (χ2v) is 6.77. The molecule has 0 radical (unpaired) electrons. The van der Waals surface area contributed by atoms with E-state index in [1.165, 1.54) is 6.42 Å². The molecule has 1 saturated carbocycles. The minimum absolute atomic E-state index is 0.152. The highest BCUT2D eigenvalue weighted by molar-refractivity contribution is 5.81. The van der Waals surface area contributed by atoms with Crippen molar-refractivity contribution in [2.75, 3.05) is 19.8 Å². The van der Waals surface area contributed by atoms with E-state index in [4.69, 9.17) is 14.2 Å². The normalized spacial score (nSPS) is 22.3. The Morgan fingerprint density at radius 3 is 2.46 bits per heavy atom. The Bertz CT molecular complexity index is 604. The molecule has 1 N–H and O–H groups in total. The summed E-state index contributed by atoms with van der Waals surface area (Å²) >= 11 is 0. The molecule has 0 heterocycles. The van der Waals surface area contributed by atoms with Crippen LogP contribution in [0.25, 0.3) is 0 Å². The molecule has 0 saturated heterocycles. The van der Waals surface area contributed by atoms with Crippen molar-refractivity contribution in [3.8, 4) is 11.5 Å². The van der Waals surface area contributed by atoms with Crippen LogP contribution in [0.5, 0.6) is 11.5 Å². The van der Waals surface area contributed by atoms with E-state index in [1.54, 1.807) is 18.2 Å². The molecule has 0 spiro atoms. The molecule has 0 aromatic heterocycles. The van der Waals surface area contributed by atoms with Crippen molar-refractivity contribution in [1.82, 2.24) is 5.32 Å². The molecule has 1 fully saturated rings. The largest absolute Gasteiger partial charge is 0.490 e. The van der Waals surface area contributed by atoms with E-state index in [-0.39, 0.29) is 25.2 Å². The lowest BCUT2D eigenvalue weighted by Crippen LogP contribution is -2.45. The number of benzene rings is 1. The highest BCUT2D eigenvalue weighted by atomic mass is 16.6. The number of esters is 1. The van der Waals surface area contributed by atoms with Crippen LogP contribution >= 0.6 is 0 Å². The highest BCUT2D eigenvalue weighted by Gasteiger charge is 2.28. The van der Waals surface area contributed by atoms with E-state index in [2.05, 4.69) is 19.2 Å². The third-order valence-corrected chi connectivity index (χ3v) is 4.91. The van der Waals surface area contributed by atoms with Gasteiger partial charge in [-0.2, -0.15) is 0 Å². The summed E-state index contributed by atoms with van der Waals surface area (Å²) in [5.74, 6) is 1.22. The molecule has 6 nitrogen and oxygen atoms in total. The Balaban J connectivity index is 1.72. The van der Waals surface area contributed by atoms with E-state index in [0.717, 1.165) is 12.8 Å². The van der Waals surface area contributed by atoms with Gasteiger partial charge in [0, 0.05) is 6.04 Å². The van der Waals surface area contributed by atoms with Gasteiger partial charge in [-0.3, -0.25) is 4.79 Å². The number of para-hydroxylation sites is 2. The van der Waals surface area contributed by atoms with Crippen LogP contribution in [0.3, 0.4) is 0 Å². The number of carbonyl (C=O) groups is 2. The van der Waals surface area contributed by atoms with Gasteiger partial charge in [-0.15, -0.1) is 0 Å². The van der Waals surface area contributed by atoms with Crippen LogP contribution in [0.1, 0.15) is 40.0 Å². The van der Waals surface area contributed by atoms with Crippen LogP contribution in [0.15, 0.2) is 24.3 Å². The summed E-state index contributed by atoms with van der Waals surface area (Å²) in [5, 5.41) is 2.98. The van der Waals surface area contributed by atoms with Crippen molar-refractivity contribution in [1.29, 1.82) is 0 Å². The van der Waals surface area contributed by atoms with Gasteiger partial charge in [0.2, 0.25) is 0 Å². The molecule has 1 aliphatic rings. The zero-order chi connectivity index (χ0) is 18.9. The number of hydrogen-bond donors (Lipinski definition) is 1. The summed E-state index contributed by atoms with van der Waals surface area (Å²) in [6.45, 7) is 6.19. The first-order valence-corrected chi connectivity index (χ1v) is 9.30. The van der Waals surface area contributed by atoms with Crippen molar-refractivity contribution < 1.29 is 23.8 Å². The number of ether oxygens (including phenoxy) is 3. The van der Waals surface area contributed by atoms with Gasteiger partial charge in [-0.25, -0.2) is 4.79 Å². The van der Waals surface area contributed by atoms with Gasteiger partial charge in [-0.05, 0) is 37.3 Å². The van der Waals surface area contributed by atoms with Gasteiger partial charge in [0.25, 0.3) is 5.91 Å². The third kappa shape index (κ3) is 5.93. The molecule has 1 aromatic rings. The van der Waals surface area contributed by atoms with Gasteiger partial charge in [0.05, 0.1) is 6.61 Å². The number of nitrogens with one attached hydrogen (secondary N) is 1. The predicted molar refractivity (Wildman–Crippen MR) is 98.2 cm³/mol. The van der Waals surface area contributed by atoms with Crippen LogP contribution in [-0.2, 0) is 14.3 Å². The second-order valence-electron chi connectivity index (χ2n) is 6.77. The Morgan fingerprint density at radius 1 is 1.08 bits per heavy atom. The van der Waals surface area contributed by atoms with Gasteiger partial charge in [-0.1, -0.05) is 38.8 Å². The fourth-order valence-corrected chi connectivity index (χ4v) is 3.20. The SMILES string of the molecule is CCOc1ccccc1OCC(=O)OCC(=O)N[C@@H]1CCC[C@H](C)[C@@H]1C. The standard InChI is InChI=1S/C20H29NO5/c1-4-24-17-10-5-6-11-18(17)25-13-20(23)26-12-19(22)21-16-9-7-8-14(2)15(16)3/h5-6,10-11,14-16H,4,7-9,12-13H2,1-3H3,(H,21,22)/t14-,15-,16+/m0/s1. The van der Waals surface area contributed by atoms with Crippen LogP contribution in [0, 0.1) is 11.8 Å². The zero-order valence-electron chi connectivity index (χ0n) is 15.8. The topological polar surface area (TPSA) is 73.9 Å². The lowest BCUT2D eigenvalue weighted by atomic mass is 9.78. The maximum atomic E-state index is 12.0. The van der Waals surface area contributed by atoms with E-state index in [9.17, 15) is 9.59 Å². The molecule has 0 bridgehead atoms. The monoisotopic (exact) mass is 363 g/mol. The molecular formula is C20H29NO5. The predicted octanol–water partition coefficient (Wildman–Crippen LogP) is 2.95. The molecule has 144 valence electrons. The molecule has 0 unspecified atom stereocenters. The van der Waals surface area contributed by atoms with Gasteiger partial charge >= 0.3 is 5.97 Å². The van der Waals surface area contributed by atoms with E-state index in [0.29, 0.717) is 29.9 Å². The number of hydrogen-bond acceptors (Lipinski definition) is 5. The number of amides is 1. The molecular weight excluding hydrogens is 334 g/mol. The Hall–Kier alpha value is -2.24. The van der Waals surface area contributed by atoms with Crippen LogP contribution < -0.4 is 14.8 Å². The average molecular weight is 363 g/mol. The second kappa shape index (κ2) is 10.0. The minimum atomic E-state index is -0.587. The van der Waals surface area contributed by atoms with Gasteiger partial charge < -0.3 is 19.5 Å². The lowest BCUT2D eigenvalue weighted by Gasteiger charge is -2.34. The number of rotatable bonds is 8. The first kappa shape index (κ1) is 20.1. The molecule has 1 aliphatic carbocycles. The summed E-state index contributed by atoms with van der Waals surface area (Å²) < 4.78 is 15.9. The van der Waals surface area contributed by atoms with Crippen LogP contribution in [0.2, 0.25) is 0 Å². The molecule has 2 rings (SSSR count). The summed E-state index contributed by atoms with van der Waals surface area (Å²) in [7, 11) is 0. The lowest BCUT2D eigenvalue weighted by molar-refractivity contribution is -0.150. The minimum Gasteiger partial charge on any atom is -0.490 e. The molecule has 26 heavy (non-hydrogen) atoms. The maximum Gasteiger partial charge on any atom is 0.344 e. The molecule has 3 atom stereocenters. The fourth-order valence-electron chi connectivity index (χ4n) is 3.20. The average Bonchev–Trinajstić information content (AvgIpc) is 2.63. The quantitative estimate of drug-likeness (QED) is 0.719. The summed E-state index contributed by atoms with van der Waals surface area (Å²) in [5.41, 5.74) is 0. The van der Waals surface area contributed by atoms with Gasteiger partial charge in [0.1, 0.15) is 0 Å². The number of carbonyl (C=O) groups excluding carboxylic acids is 2. The Morgan fingerprint density at radius 2 is 1.77 bits per heavy atom. The van der Waals surface area contributed by atoms with Crippen molar-refractivity contribution in [3.05, 3.63) is 24.3 Å².